The maximum atomic E-state index is 12.5. The molecule has 0 spiro atoms. The summed E-state index contributed by atoms with van der Waals surface area (Å²) in [6.07, 6.45) is -4.42. The summed E-state index contributed by atoms with van der Waals surface area (Å²) in [7, 11) is 0. The number of alkyl halides is 3. The Hall–Kier alpha value is -2.58. The quantitative estimate of drug-likeness (QED) is 0.768. The zero-order chi connectivity index (χ0) is 14.0. The number of nitrogens with zero attached hydrogens (tertiary/aromatic N) is 3. The zero-order valence-electron chi connectivity index (χ0n) is 9.44. The number of nitrogen functional groups attached to an aromatic ring is 2. The first-order valence-corrected chi connectivity index (χ1v) is 5.06. The minimum atomic E-state index is -4.42. The molecule has 0 radical (unpaired) electrons. The van der Waals surface area contributed by atoms with Crippen molar-refractivity contribution in [2.24, 2.45) is 0 Å². The molecule has 0 aliphatic carbocycles. The molecule has 0 unspecified atom stereocenters. The van der Waals surface area contributed by atoms with Crippen molar-refractivity contribution < 1.29 is 13.2 Å². The van der Waals surface area contributed by atoms with Crippen LogP contribution in [0.5, 0.6) is 0 Å². The van der Waals surface area contributed by atoms with Gasteiger partial charge in [-0.2, -0.15) is 28.1 Å². The Kier molecular flexibility index (Phi) is 3.11. The van der Waals surface area contributed by atoms with E-state index >= 15 is 0 Å². The summed E-state index contributed by atoms with van der Waals surface area (Å²) in [5.74, 6) is -0.270. The SMILES string of the molecule is Nc1nc(N)nc(Nc2cccc(C(F)(F)F)c2)n1. The smallest absolute Gasteiger partial charge is 0.368 e. The molecule has 5 N–H and O–H groups in total. The summed E-state index contributed by atoms with van der Waals surface area (Å²) in [6.45, 7) is 0. The lowest BCUT2D eigenvalue weighted by Crippen LogP contribution is -2.08. The molecule has 0 fully saturated rings. The molecule has 0 saturated heterocycles. The molecule has 1 aromatic heterocycles. The largest absolute Gasteiger partial charge is 0.416 e. The van der Waals surface area contributed by atoms with E-state index in [0.29, 0.717) is 0 Å². The normalized spacial score (nSPS) is 11.3. The summed E-state index contributed by atoms with van der Waals surface area (Å²) < 4.78 is 37.6. The highest BCUT2D eigenvalue weighted by Gasteiger charge is 2.30. The number of rotatable bonds is 2. The molecule has 19 heavy (non-hydrogen) atoms. The van der Waals surface area contributed by atoms with Crippen LogP contribution >= 0.6 is 0 Å². The zero-order valence-corrected chi connectivity index (χ0v) is 9.44. The van der Waals surface area contributed by atoms with Crippen molar-refractivity contribution >= 4 is 23.5 Å². The van der Waals surface area contributed by atoms with Crippen LogP contribution in [0.25, 0.3) is 0 Å². The maximum absolute atomic E-state index is 12.5. The molecule has 0 atom stereocenters. The molecule has 0 aliphatic rings. The van der Waals surface area contributed by atoms with Gasteiger partial charge in [0.1, 0.15) is 0 Å². The topological polar surface area (TPSA) is 103 Å². The Balaban J connectivity index is 2.28. The number of nitrogens with one attached hydrogen (secondary N) is 1. The van der Waals surface area contributed by atoms with Gasteiger partial charge in [0.2, 0.25) is 17.8 Å². The molecule has 6 nitrogen and oxygen atoms in total. The Morgan fingerprint density at radius 2 is 1.63 bits per heavy atom. The van der Waals surface area contributed by atoms with Crippen LogP contribution in [0, 0.1) is 0 Å². The van der Waals surface area contributed by atoms with Crippen molar-refractivity contribution in [3.63, 3.8) is 0 Å². The Labute approximate surface area is 105 Å². The van der Waals surface area contributed by atoms with Gasteiger partial charge >= 0.3 is 6.18 Å². The Morgan fingerprint density at radius 1 is 1.00 bits per heavy atom. The van der Waals surface area contributed by atoms with Gasteiger partial charge in [-0.1, -0.05) is 6.07 Å². The third-order valence-electron chi connectivity index (χ3n) is 2.12. The van der Waals surface area contributed by atoms with Gasteiger partial charge in [-0.3, -0.25) is 0 Å². The van der Waals surface area contributed by atoms with E-state index in [1.807, 2.05) is 0 Å². The third-order valence-corrected chi connectivity index (χ3v) is 2.12. The first kappa shape index (κ1) is 12.9. The van der Waals surface area contributed by atoms with Gasteiger partial charge in [0.25, 0.3) is 0 Å². The van der Waals surface area contributed by atoms with Gasteiger partial charge in [0.15, 0.2) is 0 Å². The summed E-state index contributed by atoms with van der Waals surface area (Å²) in [5.41, 5.74) is 10.1. The lowest BCUT2D eigenvalue weighted by molar-refractivity contribution is -0.137. The average Bonchev–Trinajstić information content (AvgIpc) is 2.26. The van der Waals surface area contributed by atoms with Crippen molar-refractivity contribution in [3.05, 3.63) is 29.8 Å². The van der Waals surface area contributed by atoms with Crippen LogP contribution in [-0.2, 0) is 6.18 Å². The fourth-order valence-electron chi connectivity index (χ4n) is 1.37. The number of nitrogens with two attached hydrogens (primary N) is 2. The van der Waals surface area contributed by atoms with E-state index in [-0.39, 0.29) is 23.5 Å². The first-order valence-electron chi connectivity index (χ1n) is 5.06. The minimum Gasteiger partial charge on any atom is -0.368 e. The van der Waals surface area contributed by atoms with Crippen molar-refractivity contribution in [2.75, 3.05) is 16.8 Å². The molecule has 1 heterocycles. The maximum Gasteiger partial charge on any atom is 0.416 e. The van der Waals surface area contributed by atoms with E-state index in [1.54, 1.807) is 0 Å². The molecule has 2 rings (SSSR count). The monoisotopic (exact) mass is 270 g/mol. The summed E-state index contributed by atoms with van der Waals surface area (Å²) in [6, 6.07) is 4.59. The molecule has 100 valence electrons. The van der Waals surface area contributed by atoms with E-state index in [4.69, 9.17) is 11.5 Å². The molecule has 1 aromatic carbocycles. The number of hydrogen-bond acceptors (Lipinski definition) is 6. The minimum absolute atomic E-state index is 0.0238. The second kappa shape index (κ2) is 4.59. The van der Waals surface area contributed by atoms with Crippen molar-refractivity contribution in [1.82, 2.24) is 15.0 Å². The van der Waals surface area contributed by atoms with Crippen molar-refractivity contribution in [3.8, 4) is 0 Å². The fraction of sp³-hybridized carbons (Fsp3) is 0.100. The molecule has 0 aliphatic heterocycles. The van der Waals surface area contributed by atoms with E-state index in [1.165, 1.54) is 12.1 Å². The van der Waals surface area contributed by atoms with E-state index in [0.717, 1.165) is 12.1 Å². The Bertz CT molecular complexity index is 578. The predicted octanol–water partition coefficient (Wildman–Crippen LogP) is 1.80. The lowest BCUT2D eigenvalue weighted by atomic mass is 10.2. The number of aromatic nitrogens is 3. The average molecular weight is 270 g/mol. The standard InChI is InChI=1S/C10H9F3N6/c11-10(12,13)5-2-1-3-6(4-5)16-9-18-7(14)17-8(15)19-9/h1-4H,(H5,14,15,16,17,18,19). The summed E-state index contributed by atoms with van der Waals surface area (Å²) >= 11 is 0. The molecular formula is C10H9F3N6. The van der Waals surface area contributed by atoms with E-state index < -0.39 is 11.7 Å². The van der Waals surface area contributed by atoms with Gasteiger partial charge in [-0.05, 0) is 18.2 Å². The predicted molar refractivity (Wildman–Crippen MR) is 63.4 cm³/mol. The number of anilines is 4. The highest BCUT2D eigenvalue weighted by atomic mass is 19.4. The molecule has 2 aromatic rings. The lowest BCUT2D eigenvalue weighted by Gasteiger charge is -2.09. The Morgan fingerprint density at radius 3 is 2.21 bits per heavy atom. The van der Waals surface area contributed by atoms with Crippen molar-refractivity contribution in [1.29, 1.82) is 0 Å². The summed E-state index contributed by atoms with van der Waals surface area (Å²) in [5, 5.41) is 2.58. The van der Waals surface area contributed by atoms with Gasteiger partial charge in [0, 0.05) is 5.69 Å². The van der Waals surface area contributed by atoms with Crippen LogP contribution in [0.2, 0.25) is 0 Å². The van der Waals surface area contributed by atoms with Crippen LogP contribution in [0.3, 0.4) is 0 Å². The highest BCUT2D eigenvalue weighted by Crippen LogP contribution is 2.31. The highest BCUT2D eigenvalue weighted by molar-refractivity contribution is 5.56. The van der Waals surface area contributed by atoms with Gasteiger partial charge < -0.3 is 16.8 Å². The number of halogens is 3. The van der Waals surface area contributed by atoms with Crippen LogP contribution in [-0.4, -0.2) is 15.0 Å². The van der Waals surface area contributed by atoms with Gasteiger partial charge in [0.05, 0.1) is 5.56 Å². The number of hydrogen-bond donors (Lipinski definition) is 3. The van der Waals surface area contributed by atoms with Crippen molar-refractivity contribution in [2.45, 2.75) is 6.18 Å². The summed E-state index contributed by atoms with van der Waals surface area (Å²) in [4.78, 5) is 11.0. The number of benzene rings is 1. The van der Waals surface area contributed by atoms with E-state index in [9.17, 15) is 13.2 Å². The fourth-order valence-corrected chi connectivity index (χ4v) is 1.37. The van der Waals surface area contributed by atoms with Crippen LogP contribution in [0.15, 0.2) is 24.3 Å². The molecular weight excluding hydrogens is 261 g/mol. The van der Waals surface area contributed by atoms with Crippen LogP contribution in [0.4, 0.5) is 36.7 Å². The second-order valence-electron chi connectivity index (χ2n) is 3.58. The molecule has 0 amide bonds. The van der Waals surface area contributed by atoms with Crippen LogP contribution < -0.4 is 16.8 Å². The molecule has 9 heteroatoms. The van der Waals surface area contributed by atoms with Gasteiger partial charge in [-0.25, -0.2) is 0 Å². The second-order valence-corrected chi connectivity index (χ2v) is 3.58. The first-order chi connectivity index (χ1) is 8.84. The molecule has 0 saturated carbocycles. The molecule has 0 bridgehead atoms. The third kappa shape index (κ3) is 3.21. The van der Waals surface area contributed by atoms with Gasteiger partial charge in [-0.15, -0.1) is 0 Å². The van der Waals surface area contributed by atoms with Crippen LogP contribution in [0.1, 0.15) is 5.56 Å². The van der Waals surface area contributed by atoms with E-state index in [2.05, 4.69) is 20.3 Å².